The zero-order valence-electron chi connectivity index (χ0n) is 14.8. The first-order valence-corrected chi connectivity index (χ1v) is 8.81. The van der Waals surface area contributed by atoms with E-state index in [-0.39, 0.29) is 24.4 Å². The minimum absolute atomic E-state index is 0.0295. The topological polar surface area (TPSA) is 58.2 Å². The van der Waals surface area contributed by atoms with Gasteiger partial charge in [-0.3, -0.25) is 9.59 Å². The van der Waals surface area contributed by atoms with Gasteiger partial charge in [-0.15, -0.1) is 11.3 Å². The smallest absolute Gasteiger partial charge is 0.251 e. The molecule has 0 saturated carbocycles. The molecule has 0 fully saturated rings. The van der Waals surface area contributed by atoms with Crippen molar-refractivity contribution < 1.29 is 9.59 Å². The Kier molecular flexibility index (Phi) is 5.78. The molecule has 1 heterocycles. The van der Waals surface area contributed by atoms with E-state index in [0.717, 1.165) is 16.7 Å². The van der Waals surface area contributed by atoms with Crippen LogP contribution in [0.1, 0.15) is 49.8 Å². The van der Waals surface area contributed by atoms with E-state index in [1.54, 1.807) is 17.4 Å². The van der Waals surface area contributed by atoms with Crippen LogP contribution in [0, 0.1) is 27.7 Å². The first kappa shape index (κ1) is 18.2. The first-order chi connectivity index (χ1) is 11.3. The first-order valence-electron chi connectivity index (χ1n) is 7.99. The highest BCUT2D eigenvalue weighted by atomic mass is 32.1. The molecule has 0 bridgehead atoms. The monoisotopic (exact) mass is 344 g/mol. The number of rotatable bonds is 5. The lowest BCUT2D eigenvalue weighted by atomic mass is 10.1. The minimum Gasteiger partial charge on any atom is -0.348 e. The number of nitrogens with one attached hydrogen (secondary N) is 2. The van der Waals surface area contributed by atoms with E-state index in [1.807, 2.05) is 32.9 Å². The van der Waals surface area contributed by atoms with Crippen molar-refractivity contribution in [1.82, 2.24) is 10.6 Å². The number of hydrogen-bond donors (Lipinski definition) is 2. The molecule has 0 aliphatic rings. The fourth-order valence-corrected chi connectivity index (χ4v) is 3.62. The third-order valence-corrected chi connectivity index (χ3v) is 5.08. The number of aryl methyl sites for hydroxylation is 4. The summed E-state index contributed by atoms with van der Waals surface area (Å²) < 4.78 is 0. The van der Waals surface area contributed by atoms with E-state index in [1.165, 1.54) is 9.75 Å². The zero-order valence-corrected chi connectivity index (χ0v) is 15.6. The summed E-state index contributed by atoms with van der Waals surface area (Å²) in [6.45, 7) is 10.00. The van der Waals surface area contributed by atoms with Gasteiger partial charge in [0.25, 0.3) is 5.91 Å². The maximum Gasteiger partial charge on any atom is 0.251 e. The van der Waals surface area contributed by atoms with Crippen LogP contribution < -0.4 is 10.6 Å². The number of carbonyl (C=O) groups is 2. The molecule has 24 heavy (non-hydrogen) atoms. The van der Waals surface area contributed by atoms with Gasteiger partial charge in [0.2, 0.25) is 5.91 Å². The van der Waals surface area contributed by atoms with Crippen molar-refractivity contribution in [3.63, 3.8) is 0 Å². The van der Waals surface area contributed by atoms with Gasteiger partial charge in [-0.25, -0.2) is 0 Å². The van der Waals surface area contributed by atoms with Gasteiger partial charge in [-0.1, -0.05) is 6.07 Å². The fourth-order valence-electron chi connectivity index (χ4n) is 2.60. The predicted molar refractivity (Wildman–Crippen MR) is 98.6 cm³/mol. The Labute approximate surface area is 147 Å². The highest BCUT2D eigenvalue weighted by Crippen LogP contribution is 2.25. The molecule has 5 heteroatoms. The molecule has 0 aliphatic heterocycles. The molecule has 0 aliphatic carbocycles. The van der Waals surface area contributed by atoms with E-state index >= 15 is 0 Å². The molecule has 2 aromatic rings. The fraction of sp³-hybridized carbons (Fsp3) is 0.368. The quantitative estimate of drug-likeness (QED) is 0.871. The van der Waals surface area contributed by atoms with Crippen molar-refractivity contribution in [3.8, 4) is 0 Å². The summed E-state index contributed by atoms with van der Waals surface area (Å²) >= 11 is 1.72. The molecule has 4 nitrogen and oxygen atoms in total. The summed E-state index contributed by atoms with van der Waals surface area (Å²) in [7, 11) is 0. The van der Waals surface area contributed by atoms with Crippen LogP contribution >= 0.6 is 11.3 Å². The molecule has 0 saturated heterocycles. The standard InChI is InChI=1S/C19H24N2O2S/c1-11-6-7-16(8-12(11)2)19(23)20-10-18(22)21-14(4)17-9-13(3)24-15(17)5/h6-9,14H,10H2,1-5H3,(H,20,23)(H,21,22)/t14-/m1/s1. The van der Waals surface area contributed by atoms with E-state index in [9.17, 15) is 9.59 Å². The van der Waals surface area contributed by atoms with Gasteiger partial charge in [0.05, 0.1) is 12.6 Å². The number of carbonyl (C=O) groups excluding carboxylic acids is 2. The summed E-state index contributed by atoms with van der Waals surface area (Å²) in [5, 5.41) is 5.60. The van der Waals surface area contributed by atoms with Crippen LogP contribution in [0.15, 0.2) is 24.3 Å². The molecule has 0 unspecified atom stereocenters. The minimum atomic E-state index is -0.233. The molecule has 2 amide bonds. The van der Waals surface area contributed by atoms with Crippen LogP contribution in [0.25, 0.3) is 0 Å². The SMILES string of the molecule is Cc1cc([C@@H](C)NC(=O)CNC(=O)c2ccc(C)c(C)c2)c(C)s1. The van der Waals surface area contributed by atoms with Crippen LogP contribution in [0.3, 0.4) is 0 Å². The largest absolute Gasteiger partial charge is 0.348 e. The van der Waals surface area contributed by atoms with E-state index in [2.05, 4.69) is 30.5 Å². The van der Waals surface area contributed by atoms with Crippen molar-refractivity contribution in [3.05, 3.63) is 56.3 Å². The van der Waals surface area contributed by atoms with E-state index < -0.39 is 0 Å². The summed E-state index contributed by atoms with van der Waals surface area (Å²) in [5.41, 5.74) is 3.90. The van der Waals surface area contributed by atoms with Gasteiger partial charge in [0, 0.05) is 15.3 Å². The van der Waals surface area contributed by atoms with Gasteiger partial charge in [0.1, 0.15) is 0 Å². The van der Waals surface area contributed by atoms with Gasteiger partial charge in [-0.05, 0) is 69.5 Å². The molecule has 1 aromatic carbocycles. The van der Waals surface area contributed by atoms with E-state index in [0.29, 0.717) is 5.56 Å². The summed E-state index contributed by atoms with van der Waals surface area (Å²) in [6, 6.07) is 7.55. The molecular weight excluding hydrogens is 320 g/mol. The number of amides is 2. The average Bonchev–Trinajstić information content (AvgIpc) is 2.86. The highest BCUT2D eigenvalue weighted by Gasteiger charge is 2.15. The van der Waals surface area contributed by atoms with Crippen molar-refractivity contribution in [2.24, 2.45) is 0 Å². The third-order valence-electron chi connectivity index (χ3n) is 4.10. The van der Waals surface area contributed by atoms with Crippen LogP contribution in [0.4, 0.5) is 0 Å². The van der Waals surface area contributed by atoms with Crippen molar-refractivity contribution in [2.45, 2.75) is 40.7 Å². The van der Waals surface area contributed by atoms with Crippen LogP contribution in [-0.2, 0) is 4.79 Å². The summed E-state index contributed by atoms with van der Waals surface area (Å²) in [4.78, 5) is 26.7. The highest BCUT2D eigenvalue weighted by molar-refractivity contribution is 7.12. The van der Waals surface area contributed by atoms with Crippen LogP contribution in [-0.4, -0.2) is 18.4 Å². The molecular formula is C19H24N2O2S. The average molecular weight is 344 g/mol. The molecule has 128 valence electrons. The second-order valence-electron chi connectivity index (χ2n) is 6.14. The maximum atomic E-state index is 12.1. The van der Waals surface area contributed by atoms with Gasteiger partial charge >= 0.3 is 0 Å². The second kappa shape index (κ2) is 7.62. The maximum absolute atomic E-state index is 12.1. The molecule has 0 radical (unpaired) electrons. The lowest BCUT2D eigenvalue weighted by Gasteiger charge is -2.14. The lowest BCUT2D eigenvalue weighted by Crippen LogP contribution is -2.38. The van der Waals surface area contributed by atoms with Crippen molar-refractivity contribution in [1.29, 1.82) is 0 Å². The van der Waals surface area contributed by atoms with Gasteiger partial charge < -0.3 is 10.6 Å². The van der Waals surface area contributed by atoms with Crippen molar-refractivity contribution >= 4 is 23.2 Å². The van der Waals surface area contributed by atoms with Gasteiger partial charge in [-0.2, -0.15) is 0 Å². The van der Waals surface area contributed by atoms with Crippen LogP contribution in [0.2, 0.25) is 0 Å². The van der Waals surface area contributed by atoms with E-state index in [4.69, 9.17) is 0 Å². The summed E-state index contributed by atoms with van der Waals surface area (Å²) in [6.07, 6.45) is 0. The molecule has 1 aromatic heterocycles. The molecule has 1 atom stereocenters. The second-order valence-corrected chi connectivity index (χ2v) is 7.60. The molecule has 0 spiro atoms. The third kappa shape index (κ3) is 4.45. The van der Waals surface area contributed by atoms with Gasteiger partial charge in [0.15, 0.2) is 0 Å². The van der Waals surface area contributed by atoms with Crippen molar-refractivity contribution in [2.75, 3.05) is 6.54 Å². The Bertz CT molecular complexity index is 765. The Hall–Kier alpha value is -2.14. The number of benzene rings is 1. The molecule has 2 rings (SSSR count). The zero-order chi connectivity index (χ0) is 17.9. The number of hydrogen-bond acceptors (Lipinski definition) is 3. The lowest BCUT2D eigenvalue weighted by molar-refractivity contribution is -0.120. The summed E-state index contributed by atoms with van der Waals surface area (Å²) in [5.74, 6) is -0.425. The molecule has 2 N–H and O–H groups in total. The predicted octanol–water partition coefficient (Wildman–Crippen LogP) is 3.59. The Morgan fingerprint density at radius 2 is 1.79 bits per heavy atom. The normalized spacial score (nSPS) is 11.9. The Morgan fingerprint density at radius 3 is 2.38 bits per heavy atom. The number of thiophene rings is 1. The Balaban J connectivity index is 1.89. The Morgan fingerprint density at radius 1 is 1.08 bits per heavy atom. The van der Waals surface area contributed by atoms with Crippen LogP contribution in [0.5, 0.6) is 0 Å².